The summed E-state index contributed by atoms with van der Waals surface area (Å²) in [6.45, 7) is 0.645. The molecular weight excluding hydrogens is 359 g/mol. The summed E-state index contributed by atoms with van der Waals surface area (Å²) in [7, 11) is 0. The number of nitrogens with zero attached hydrogens (tertiary/aromatic N) is 4. The fourth-order valence-electron chi connectivity index (χ4n) is 2.35. The second kappa shape index (κ2) is 5.94. The Bertz CT molecular complexity index is 997. The molecule has 10 heteroatoms. The number of ether oxygens (including phenoxy) is 1. The van der Waals surface area contributed by atoms with Crippen LogP contribution in [-0.2, 0) is 5.92 Å². The van der Waals surface area contributed by atoms with Crippen LogP contribution in [0.2, 0.25) is 0 Å². The van der Waals surface area contributed by atoms with Crippen LogP contribution in [0.5, 0.6) is 5.75 Å². The maximum absolute atomic E-state index is 13.7. The van der Waals surface area contributed by atoms with E-state index in [0.717, 1.165) is 16.5 Å². The van der Waals surface area contributed by atoms with Gasteiger partial charge in [-0.3, -0.25) is 9.38 Å². The number of benzene rings is 1. The maximum Gasteiger partial charge on any atom is 0.573 e. The largest absolute Gasteiger partial charge is 0.573 e. The lowest BCUT2D eigenvalue weighted by Gasteiger charge is -2.11. The Morgan fingerprint density at radius 3 is 2.31 bits per heavy atom. The van der Waals surface area contributed by atoms with Crippen molar-refractivity contribution in [2.24, 2.45) is 0 Å². The normalized spacial score (nSPS) is 12.2. The van der Waals surface area contributed by atoms with Gasteiger partial charge < -0.3 is 4.74 Å². The van der Waals surface area contributed by atoms with Gasteiger partial charge in [-0.05, 0) is 24.3 Å². The highest BCUT2D eigenvalue weighted by molar-refractivity contribution is 5.64. The van der Waals surface area contributed by atoms with Crippen LogP contribution < -0.4 is 4.74 Å². The standard InChI is InChI=1S/C16H9F5N4O/c1-15(17,18)14-24-11(6-22)13-7-23-12(8-25(13)14)9-2-4-10(5-3-9)26-16(19,20)21/h2-5,7-8H,1H3. The van der Waals surface area contributed by atoms with Crippen LogP contribution in [0.3, 0.4) is 0 Å². The lowest BCUT2D eigenvalue weighted by atomic mass is 10.1. The first-order valence-corrected chi connectivity index (χ1v) is 7.11. The molecule has 0 fully saturated rings. The van der Waals surface area contributed by atoms with Gasteiger partial charge in [0.15, 0.2) is 11.5 Å². The van der Waals surface area contributed by atoms with Crippen LogP contribution in [0.25, 0.3) is 16.8 Å². The highest BCUT2D eigenvalue weighted by atomic mass is 19.4. The van der Waals surface area contributed by atoms with E-state index in [1.165, 1.54) is 24.5 Å². The van der Waals surface area contributed by atoms with Gasteiger partial charge in [0.2, 0.25) is 0 Å². The number of rotatable bonds is 3. The van der Waals surface area contributed by atoms with E-state index in [1.54, 1.807) is 6.07 Å². The molecule has 0 radical (unpaired) electrons. The Labute approximate surface area is 143 Å². The molecule has 0 spiro atoms. The minimum absolute atomic E-state index is 0.102. The molecule has 5 nitrogen and oxygen atoms in total. The number of nitriles is 1. The van der Waals surface area contributed by atoms with Gasteiger partial charge in [-0.15, -0.1) is 13.2 Å². The fourth-order valence-corrected chi connectivity index (χ4v) is 2.35. The molecular formula is C16H9F5N4O. The van der Waals surface area contributed by atoms with Crippen LogP contribution in [0.1, 0.15) is 18.4 Å². The number of imidazole rings is 1. The van der Waals surface area contributed by atoms with Crippen LogP contribution in [0, 0.1) is 11.3 Å². The van der Waals surface area contributed by atoms with Crippen LogP contribution in [0.4, 0.5) is 22.0 Å². The van der Waals surface area contributed by atoms with Crippen molar-refractivity contribution in [2.75, 3.05) is 0 Å². The number of alkyl halides is 5. The van der Waals surface area contributed by atoms with Crippen LogP contribution in [0.15, 0.2) is 36.7 Å². The number of hydrogen-bond donors (Lipinski definition) is 0. The average molecular weight is 368 g/mol. The van der Waals surface area contributed by atoms with Gasteiger partial charge in [-0.2, -0.15) is 14.0 Å². The molecule has 0 bridgehead atoms. The first kappa shape index (κ1) is 17.6. The molecule has 0 aliphatic heterocycles. The maximum atomic E-state index is 13.7. The zero-order chi connectivity index (χ0) is 19.1. The number of halogens is 5. The summed E-state index contributed by atoms with van der Waals surface area (Å²) in [5.41, 5.74) is 0.488. The summed E-state index contributed by atoms with van der Waals surface area (Å²) < 4.78 is 68.9. The molecule has 26 heavy (non-hydrogen) atoms. The molecule has 0 saturated carbocycles. The molecule has 2 heterocycles. The zero-order valence-electron chi connectivity index (χ0n) is 13.1. The lowest BCUT2D eigenvalue weighted by Crippen LogP contribution is -2.16. The van der Waals surface area contributed by atoms with Crippen molar-refractivity contribution in [3.8, 4) is 23.1 Å². The summed E-state index contributed by atoms with van der Waals surface area (Å²) in [5, 5.41) is 9.02. The molecule has 0 unspecified atom stereocenters. The first-order valence-electron chi connectivity index (χ1n) is 7.11. The molecule has 134 valence electrons. The van der Waals surface area contributed by atoms with Crippen molar-refractivity contribution in [3.05, 3.63) is 48.2 Å². The zero-order valence-corrected chi connectivity index (χ0v) is 13.1. The van der Waals surface area contributed by atoms with Gasteiger partial charge in [0.25, 0.3) is 0 Å². The van der Waals surface area contributed by atoms with E-state index in [0.29, 0.717) is 12.5 Å². The Hall–Kier alpha value is -3.22. The summed E-state index contributed by atoms with van der Waals surface area (Å²) in [6.07, 6.45) is -2.36. The monoisotopic (exact) mass is 368 g/mol. The van der Waals surface area contributed by atoms with Crippen molar-refractivity contribution in [2.45, 2.75) is 19.2 Å². The number of fused-ring (bicyclic) bond motifs is 1. The van der Waals surface area contributed by atoms with E-state index in [-0.39, 0.29) is 16.9 Å². The van der Waals surface area contributed by atoms with Gasteiger partial charge in [-0.1, -0.05) is 0 Å². The summed E-state index contributed by atoms with van der Waals surface area (Å²) in [6, 6.07) is 6.50. The Kier molecular flexibility index (Phi) is 4.02. The predicted molar refractivity (Wildman–Crippen MR) is 79.4 cm³/mol. The molecule has 3 rings (SSSR count). The predicted octanol–water partition coefficient (Wildman–Crippen LogP) is 4.28. The van der Waals surface area contributed by atoms with Crippen molar-refractivity contribution in [1.29, 1.82) is 5.26 Å². The smallest absolute Gasteiger partial charge is 0.406 e. The first-order chi connectivity index (χ1) is 12.1. The topological polar surface area (TPSA) is 63.2 Å². The fraction of sp³-hybridized carbons (Fsp3) is 0.188. The quantitative estimate of drug-likeness (QED) is 0.648. The van der Waals surface area contributed by atoms with Gasteiger partial charge in [-0.25, -0.2) is 4.98 Å². The van der Waals surface area contributed by atoms with Crippen LogP contribution in [-0.4, -0.2) is 20.7 Å². The van der Waals surface area contributed by atoms with Crippen LogP contribution >= 0.6 is 0 Å². The van der Waals surface area contributed by atoms with E-state index in [9.17, 15) is 22.0 Å². The molecule has 0 aliphatic rings. The number of hydrogen-bond acceptors (Lipinski definition) is 4. The van der Waals surface area contributed by atoms with E-state index < -0.39 is 23.9 Å². The van der Waals surface area contributed by atoms with Crippen molar-refractivity contribution < 1.29 is 26.7 Å². The molecule has 0 atom stereocenters. The third-order valence-electron chi connectivity index (χ3n) is 3.41. The van der Waals surface area contributed by atoms with E-state index in [1.807, 2.05) is 0 Å². The highest BCUT2D eigenvalue weighted by Crippen LogP contribution is 2.30. The molecule has 0 amide bonds. The lowest BCUT2D eigenvalue weighted by molar-refractivity contribution is -0.274. The molecule has 0 saturated heterocycles. The Morgan fingerprint density at radius 1 is 1.12 bits per heavy atom. The van der Waals surface area contributed by atoms with Gasteiger partial charge >= 0.3 is 12.3 Å². The molecule has 0 N–H and O–H groups in total. The molecule has 3 aromatic rings. The second-order valence-electron chi connectivity index (χ2n) is 5.38. The Morgan fingerprint density at radius 2 is 1.77 bits per heavy atom. The Balaban J connectivity index is 2.05. The van der Waals surface area contributed by atoms with E-state index in [4.69, 9.17) is 5.26 Å². The summed E-state index contributed by atoms with van der Waals surface area (Å²) in [5.74, 6) is -4.36. The number of aromatic nitrogens is 3. The SMILES string of the molecule is CC(F)(F)c1nc(C#N)c2cnc(-c3ccc(OC(F)(F)F)cc3)cn12. The van der Waals surface area contributed by atoms with Gasteiger partial charge in [0.05, 0.1) is 11.9 Å². The summed E-state index contributed by atoms with van der Waals surface area (Å²) >= 11 is 0. The second-order valence-corrected chi connectivity index (χ2v) is 5.38. The van der Waals surface area contributed by atoms with Crippen molar-refractivity contribution in [3.63, 3.8) is 0 Å². The third kappa shape index (κ3) is 3.42. The van der Waals surface area contributed by atoms with Crippen molar-refractivity contribution >= 4 is 5.52 Å². The van der Waals surface area contributed by atoms with E-state index in [2.05, 4.69) is 14.7 Å². The molecule has 0 aliphatic carbocycles. The minimum Gasteiger partial charge on any atom is -0.406 e. The third-order valence-corrected chi connectivity index (χ3v) is 3.41. The van der Waals surface area contributed by atoms with Gasteiger partial charge in [0, 0.05) is 18.7 Å². The van der Waals surface area contributed by atoms with Crippen molar-refractivity contribution in [1.82, 2.24) is 14.4 Å². The summed E-state index contributed by atoms with van der Waals surface area (Å²) in [4.78, 5) is 7.70. The van der Waals surface area contributed by atoms with E-state index >= 15 is 0 Å². The minimum atomic E-state index is -4.81. The molecule has 2 aromatic heterocycles. The molecule has 1 aromatic carbocycles. The van der Waals surface area contributed by atoms with Gasteiger partial charge in [0.1, 0.15) is 17.3 Å². The highest BCUT2D eigenvalue weighted by Gasteiger charge is 2.32. The average Bonchev–Trinajstić information content (AvgIpc) is 2.92.